The molecule has 1 aromatic carbocycles. The van der Waals surface area contributed by atoms with Crippen molar-refractivity contribution in [3.63, 3.8) is 0 Å². The largest absolute Gasteiger partial charge is 0.368 e. The molecule has 1 amide bonds. The first-order valence-corrected chi connectivity index (χ1v) is 11.0. The van der Waals surface area contributed by atoms with E-state index in [1.165, 1.54) is 11.3 Å². The van der Waals surface area contributed by atoms with Gasteiger partial charge in [-0.15, -0.1) is 11.3 Å². The van der Waals surface area contributed by atoms with Gasteiger partial charge in [0.05, 0.1) is 5.56 Å². The molecule has 156 valence electrons. The second-order valence-corrected chi connectivity index (χ2v) is 8.47. The highest BCUT2D eigenvalue weighted by Gasteiger charge is 2.30. The number of hydrogen-bond donors (Lipinski definition) is 1. The smallest absolute Gasteiger partial charge is 0.269 e. The summed E-state index contributed by atoms with van der Waals surface area (Å²) in [5.74, 6) is 0.282. The number of benzene rings is 1. The summed E-state index contributed by atoms with van der Waals surface area (Å²) in [7, 11) is 0. The molecule has 0 aliphatic carbocycles. The van der Waals surface area contributed by atoms with Crippen molar-refractivity contribution in [2.75, 3.05) is 24.5 Å². The molecule has 1 saturated heterocycles. The van der Waals surface area contributed by atoms with E-state index in [-0.39, 0.29) is 17.5 Å². The number of nitrogens with zero attached hydrogens (tertiary/aromatic N) is 4. The molecular weight excluding hydrogens is 410 g/mol. The van der Waals surface area contributed by atoms with E-state index in [9.17, 15) is 9.59 Å². The number of para-hydroxylation sites is 1. The lowest BCUT2D eigenvalue weighted by molar-refractivity contribution is 0.0676. The van der Waals surface area contributed by atoms with Gasteiger partial charge < -0.3 is 14.8 Å². The van der Waals surface area contributed by atoms with Crippen molar-refractivity contribution < 1.29 is 4.79 Å². The summed E-state index contributed by atoms with van der Waals surface area (Å²) in [6, 6.07) is 15.7. The Morgan fingerprint density at radius 3 is 2.68 bits per heavy atom. The minimum absolute atomic E-state index is 0.0358. The Bertz CT molecular complexity index is 1290. The van der Waals surface area contributed by atoms with Crippen LogP contribution in [-0.4, -0.2) is 51.4 Å². The zero-order chi connectivity index (χ0) is 21.4. The van der Waals surface area contributed by atoms with Crippen molar-refractivity contribution in [1.82, 2.24) is 19.9 Å². The maximum atomic E-state index is 13.4. The summed E-state index contributed by atoms with van der Waals surface area (Å²) in [4.78, 5) is 41.9. The Morgan fingerprint density at radius 1 is 1.13 bits per heavy atom. The van der Waals surface area contributed by atoms with E-state index in [4.69, 9.17) is 0 Å². The van der Waals surface area contributed by atoms with Crippen molar-refractivity contribution in [3.05, 3.63) is 76.0 Å². The van der Waals surface area contributed by atoms with Crippen LogP contribution in [0, 0.1) is 0 Å². The minimum atomic E-state index is -0.253. The van der Waals surface area contributed by atoms with E-state index < -0.39 is 0 Å². The molecule has 8 heteroatoms. The third-order valence-electron chi connectivity index (χ3n) is 5.57. The van der Waals surface area contributed by atoms with Crippen LogP contribution in [0.15, 0.2) is 64.9 Å². The fourth-order valence-electron chi connectivity index (χ4n) is 3.99. The lowest BCUT2D eigenvalue weighted by Crippen LogP contribution is -2.54. The number of fused-ring (bicyclic) bond motifs is 1. The lowest BCUT2D eigenvalue weighted by Gasteiger charge is -2.41. The van der Waals surface area contributed by atoms with Crippen molar-refractivity contribution in [2.45, 2.75) is 13.0 Å². The highest BCUT2D eigenvalue weighted by molar-refractivity contribution is 7.17. The molecule has 3 aromatic heterocycles. The molecule has 1 aliphatic rings. The van der Waals surface area contributed by atoms with Gasteiger partial charge in [0, 0.05) is 42.9 Å². The molecule has 0 saturated carbocycles. The number of rotatable bonds is 3. The maximum absolute atomic E-state index is 13.4. The third kappa shape index (κ3) is 3.59. The number of pyridine rings is 1. The van der Waals surface area contributed by atoms with Crippen LogP contribution in [0.1, 0.15) is 17.3 Å². The molecule has 7 nitrogen and oxygen atoms in total. The second-order valence-electron chi connectivity index (χ2n) is 7.59. The number of H-pyrrole nitrogens is 1. The molecular formula is C23H21N5O2S. The third-order valence-corrected chi connectivity index (χ3v) is 6.54. The number of aromatic amines is 1. The quantitative estimate of drug-likeness (QED) is 0.538. The topological polar surface area (TPSA) is 82.2 Å². The van der Waals surface area contributed by atoms with Crippen LogP contribution >= 0.6 is 11.3 Å². The molecule has 4 aromatic rings. The summed E-state index contributed by atoms with van der Waals surface area (Å²) in [5.41, 5.74) is 2.39. The summed E-state index contributed by atoms with van der Waals surface area (Å²) in [6.45, 7) is 4.18. The van der Waals surface area contributed by atoms with E-state index in [1.54, 1.807) is 23.7 Å². The average molecular weight is 432 g/mol. The van der Waals surface area contributed by atoms with Crippen LogP contribution in [0.25, 0.3) is 21.7 Å². The van der Waals surface area contributed by atoms with Crippen molar-refractivity contribution >= 4 is 33.1 Å². The van der Waals surface area contributed by atoms with Crippen LogP contribution in [-0.2, 0) is 0 Å². The van der Waals surface area contributed by atoms with Gasteiger partial charge in [0.1, 0.15) is 15.9 Å². The number of carbonyl (C=O) groups excluding carboxylic acids is 1. The normalized spacial score (nSPS) is 16.6. The molecule has 31 heavy (non-hydrogen) atoms. The Balaban J connectivity index is 1.45. The standard InChI is InChI=1S/C23H21N5O2S/c1-15-13-27(16-7-3-2-4-8-16)11-12-28(15)23(30)17-14-31-20-19(17)25-21(26-22(20)29)18-9-5-6-10-24-18/h2-10,14-15H,11-13H2,1H3,(H,25,26,29). The predicted molar refractivity (Wildman–Crippen MR) is 123 cm³/mol. The zero-order valence-corrected chi connectivity index (χ0v) is 17.8. The Hall–Kier alpha value is -3.52. The molecule has 1 unspecified atom stereocenters. The lowest BCUT2D eigenvalue weighted by atomic mass is 10.1. The molecule has 1 N–H and O–H groups in total. The Labute approximate surface area is 183 Å². The average Bonchev–Trinajstić information content (AvgIpc) is 3.24. The van der Waals surface area contributed by atoms with Gasteiger partial charge in [-0.3, -0.25) is 14.6 Å². The van der Waals surface area contributed by atoms with E-state index >= 15 is 0 Å². The number of nitrogens with one attached hydrogen (secondary N) is 1. The van der Waals surface area contributed by atoms with Gasteiger partial charge in [-0.05, 0) is 31.2 Å². The van der Waals surface area contributed by atoms with E-state index in [0.29, 0.717) is 33.8 Å². The van der Waals surface area contributed by atoms with Crippen molar-refractivity contribution in [1.29, 1.82) is 0 Å². The highest BCUT2D eigenvalue weighted by Crippen LogP contribution is 2.26. The molecule has 1 aliphatic heterocycles. The number of thiophene rings is 1. The van der Waals surface area contributed by atoms with Crippen LogP contribution < -0.4 is 10.5 Å². The molecule has 1 atom stereocenters. The SMILES string of the molecule is CC1CN(c2ccccc2)CCN1C(=O)c1csc2c(=O)[nH]c(-c3ccccn3)nc12. The zero-order valence-electron chi connectivity index (χ0n) is 17.0. The molecule has 0 bridgehead atoms. The number of hydrogen-bond acceptors (Lipinski definition) is 6. The molecule has 0 spiro atoms. The Kier molecular flexibility index (Phi) is 4.99. The van der Waals surface area contributed by atoms with Crippen molar-refractivity contribution in [3.8, 4) is 11.5 Å². The van der Waals surface area contributed by atoms with Crippen molar-refractivity contribution in [2.24, 2.45) is 0 Å². The number of carbonyl (C=O) groups is 1. The minimum Gasteiger partial charge on any atom is -0.368 e. The number of amides is 1. The van der Waals surface area contributed by atoms with E-state index in [2.05, 4.69) is 38.9 Å². The van der Waals surface area contributed by atoms with Crippen LogP contribution in [0.4, 0.5) is 5.69 Å². The summed E-state index contributed by atoms with van der Waals surface area (Å²) in [5, 5.41) is 1.74. The van der Waals surface area contributed by atoms with E-state index in [1.807, 2.05) is 29.2 Å². The van der Waals surface area contributed by atoms with Gasteiger partial charge in [-0.2, -0.15) is 0 Å². The second kappa shape index (κ2) is 7.96. The van der Waals surface area contributed by atoms with Gasteiger partial charge in [0.15, 0.2) is 5.82 Å². The van der Waals surface area contributed by atoms with Crippen LogP contribution in [0.5, 0.6) is 0 Å². The monoisotopic (exact) mass is 431 g/mol. The Morgan fingerprint density at radius 2 is 1.94 bits per heavy atom. The summed E-state index contributed by atoms with van der Waals surface area (Å²) in [6.07, 6.45) is 1.65. The fourth-order valence-corrected chi connectivity index (χ4v) is 4.86. The molecule has 0 radical (unpaired) electrons. The van der Waals surface area contributed by atoms with Gasteiger partial charge in [0.2, 0.25) is 0 Å². The van der Waals surface area contributed by atoms with Gasteiger partial charge in [-0.25, -0.2) is 4.98 Å². The first kappa shape index (κ1) is 19.4. The maximum Gasteiger partial charge on any atom is 0.269 e. The van der Waals surface area contributed by atoms with Gasteiger partial charge in [0.25, 0.3) is 11.5 Å². The summed E-state index contributed by atoms with van der Waals surface area (Å²) >= 11 is 1.25. The molecule has 4 heterocycles. The first-order valence-electron chi connectivity index (χ1n) is 10.2. The van der Waals surface area contributed by atoms with Gasteiger partial charge >= 0.3 is 0 Å². The number of anilines is 1. The summed E-state index contributed by atoms with van der Waals surface area (Å²) < 4.78 is 0.457. The fraction of sp³-hybridized carbons (Fsp3) is 0.217. The van der Waals surface area contributed by atoms with Gasteiger partial charge in [-0.1, -0.05) is 24.3 Å². The molecule has 1 fully saturated rings. The molecule has 5 rings (SSSR count). The van der Waals surface area contributed by atoms with Crippen LogP contribution in [0.3, 0.4) is 0 Å². The highest BCUT2D eigenvalue weighted by atomic mass is 32.1. The predicted octanol–water partition coefficient (Wildman–Crippen LogP) is 3.40. The first-order chi connectivity index (χ1) is 15.1. The van der Waals surface area contributed by atoms with E-state index in [0.717, 1.165) is 18.8 Å². The number of aromatic nitrogens is 3. The number of piperazine rings is 1. The van der Waals surface area contributed by atoms with Crippen LogP contribution in [0.2, 0.25) is 0 Å².